The zero-order valence-corrected chi connectivity index (χ0v) is 22.1. The lowest BCUT2D eigenvalue weighted by atomic mass is 10.0. The van der Waals surface area contributed by atoms with Gasteiger partial charge in [-0.05, 0) is 48.4 Å². The molecule has 0 unspecified atom stereocenters. The number of aromatic nitrogens is 1. The van der Waals surface area contributed by atoms with Crippen LogP contribution in [0, 0.1) is 18.6 Å². The van der Waals surface area contributed by atoms with E-state index in [1.165, 1.54) is 35.1 Å². The molecule has 4 rings (SSSR count). The quantitative estimate of drug-likeness (QED) is 0.199. The molecule has 1 aliphatic rings. The van der Waals surface area contributed by atoms with Crippen LogP contribution < -0.4 is 22.2 Å². The monoisotopic (exact) mass is 557 g/mol. The number of anilines is 2. The molecule has 39 heavy (non-hydrogen) atoms. The maximum absolute atomic E-state index is 15.1. The van der Waals surface area contributed by atoms with Gasteiger partial charge < -0.3 is 22.2 Å². The van der Waals surface area contributed by atoms with Crippen molar-refractivity contribution in [2.24, 2.45) is 10.7 Å². The molecule has 2 aromatic carbocycles. The number of benzene rings is 2. The zero-order chi connectivity index (χ0) is 28.3. The standard InChI is InChI=1S/C26H29F2N7O3S/c1-3-31-25(29)24-19(14-18(35(24)30)15-34-8-10-39(37,38)11-9-34)17-5-7-22(21(28)13-17)32-26(36)33-23-12-16(2)4-6-20(23)27/h3-7,12-14H,1,8-11,15,30H2,2H3,(H2,29,31)(H2,32,33,36). The number of hydrogen-bond donors (Lipinski definition) is 4. The van der Waals surface area contributed by atoms with Gasteiger partial charge >= 0.3 is 6.03 Å². The van der Waals surface area contributed by atoms with E-state index in [-0.39, 0.29) is 28.7 Å². The molecule has 13 heteroatoms. The summed E-state index contributed by atoms with van der Waals surface area (Å²) in [5.41, 5.74) is 8.57. The Morgan fingerprint density at radius 3 is 2.44 bits per heavy atom. The van der Waals surface area contributed by atoms with E-state index >= 15 is 4.39 Å². The van der Waals surface area contributed by atoms with Crippen LogP contribution in [0.1, 0.15) is 17.0 Å². The molecule has 1 saturated heterocycles. The van der Waals surface area contributed by atoms with Crippen molar-refractivity contribution in [3.63, 3.8) is 0 Å². The van der Waals surface area contributed by atoms with Gasteiger partial charge in [-0.3, -0.25) is 9.58 Å². The van der Waals surface area contributed by atoms with Crippen LogP contribution in [0.3, 0.4) is 0 Å². The van der Waals surface area contributed by atoms with E-state index in [9.17, 15) is 17.6 Å². The summed E-state index contributed by atoms with van der Waals surface area (Å²) in [5.74, 6) is 5.16. The fourth-order valence-electron chi connectivity index (χ4n) is 4.27. The van der Waals surface area contributed by atoms with Crippen molar-refractivity contribution < 1.29 is 22.0 Å². The van der Waals surface area contributed by atoms with Crippen molar-refractivity contribution in [1.29, 1.82) is 0 Å². The highest BCUT2D eigenvalue weighted by Crippen LogP contribution is 2.30. The first kappa shape index (κ1) is 27.8. The lowest BCUT2D eigenvalue weighted by molar-refractivity contribution is 0.262. The summed E-state index contributed by atoms with van der Waals surface area (Å²) in [7, 11) is -3.05. The smallest absolute Gasteiger partial charge is 0.323 e. The van der Waals surface area contributed by atoms with Crippen LogP contribution in [0.15, 0.2) is 60.2 Å². The van der Waals surface area contributed by atoms with Crippen LogP contribution in [0.25, 0.3) is 11.1 Å². The van der Waals surface area contributed by atoms with Crippen LogP contribution in [0.2, 0.25) is 0 Å². The molecule has 206 valence electrons. The number of nitrogens with two attached hydrogens (primary N) is 2. The topological polar surface area (TPSA) is 148 Å². The van der Waals surface area contributed by atoms with E-state index in [0.717, 1.165) is 5.56 Å². The highest BCUT2D eigenvalue weighted by molar-refractivity contribution is 7.91. The molecule has 1 aromatic heterocycles. The molecule has 0 atom stereocenters. The molecule has 0 bridgehead atoms. The maximum atomic E-state index is 15.1. The third-order valence-corrected chi connectivity index (χ3v) is 7.92. The fraction of sp³-hybridized carbons (Fsp3) is 0.231. The van der Waals surface area contributed by atoms with Crippen LogP contribution in [-0.2, 0) is 16.4 Å². The van der Waals surface area contributed by atoms with Gasteiger partial charge in [0, 0.05) is 31.4 Å². The molecule has 1 fully saturated rings. The summed E-state index contributed by atoms with van der Waals surface area (Å²) in [6.45, 7) is 6.37. The number of nitrogen functional groups attached to an aromatic ring is 1. The zero-order valence-electron chi connectivity index (χ0n) is 21.2. The Hall–Kier alpha value is -4.23. The third-order valence-electron chi connectivity index (χ3n) is 6.31. The van der Waals surface area contributed by atoms with E-state index in [1.54, 1.807) is 25.1 Å². The number of aliphatic imine (C=N–C) groups is 1. The van der Waals surface area contributed by atoms with E-state index in [2.05, 4.69) is 22.2 Å². The number of nitrogens with one attached hydrogen (secondary N) is 2. The molecule has 0 spiro atoms. The van der Waals surface area contributed by atoms with Crippen molar-refractivity contribution in [1.82, 2.24) is 9.58 Å². The summed E-state index contributed by atoms with van der Waals surface area (Å²) < 4.78 is 54.0. The van der Waals surface area contributed by atoms with Crippen LogP contribution in [0.5, 0.6) is 0 Å². The number of urea groups is 1. The second kappa shape index (κ2) is 11.3. The molecule has 0 saturated carbocycles. The lowest BCUT2D eigenvalue weighted by Gasteiger charge is -2.26. The number of hydrogen-bond acceptors (Lipinski definition) is 6. The summed E-state index contributed by atoms with van der Waals surface area (Å²) in [5, 5.41) is 4.75. The highest BCUT2D eigenvalue weighted by Gasteiger charge is 2.25. The Labute approximate surface area is 224 Å². The molecule has 10 nitrogen and oxygen atoms in total. The minimum Gasteiger partial charge on any atom is -0.382 e. The average Bonchev–Trinajstić information content (AvgIpc) is 3.20. The second-order valence-corrected chi connectivity index (χ2v) is 11.5. The molecular formula is C26H29F2N7O3S. The normalized spacial score (nSPS) is 15.6. The predicted molar refractivity (Wildman–Crippen MR) is 149 cm³/mol. The number of amides is 2. The van der Waals surface area contributed by atoms with Gasteiger partial charge in [-0.25, -0.2) is 27.0 Å². The first-order valence-electron chi connectivity index (χ1n) is 12.0. The van der Waals surface area contributed by atoms with Gasteiger partial charge in [-0.1, -0.05) is 18.7 Å². The predicted octanol–water partition coefficient (Wildman–Crippen LogP) is 3.18. The van der Waals surface area contributed by atoms with Crippen LogP contribution in [-0.4, -0.2) is 54.5 Å². The number of carbonyl (C=O) groups is 1. The Morgan fingerprint density at radius 2 is 1.77 bits per heavy atom. The van der Waals surface area contributed by atoms with Gasteiger partial charge in [-0.2, -0.15) is 0 Å². The Morgan fingerprint density at radius 1 is 1.08 bits per heavy atom. The Balaban J connectivity index is 1.60. The van der Waals surface area contributed by atoms with Crippen molar-refractivity contribution in [2.75, 3.05) is 41.1 Å². The number of nitrogens with zero attached hydrogens (tertiary/aromatic N) is 3. The SMILES string of the molecule is C=C/N=C(/N)c1c(-c2ccc(NC(=O)Nc3cc(C)ccc3F)c(F)c2)cc(CN2CCS(=O)(=O)CC2)n1N. The number of halogens is 2. The van der Waals surface area contributed by atoms with Gasteiger partial charge in [0.1, 0.15) is 23.2 Å². The Kier molecular flexibility index (Phi) is 8.02. The van der Waals surface area contributed by atoms with Crippen molar-refractivity contribution in [3.05, 3.63) is 83.8 Å². The van der Waals surface area contributed by atoms with E-state index in [1.807, 2.05) is 4.90 Å². The molecule has 6 N–H and O–H groups in total. The molecule has 0 aliphatic carbocycles. The van der Waals surface area contributed by atoms with Crippen molar-refractivity contribution in [2.45, 2.75) is 13.5 Å². The first-order chi connectivity index (χ1) is 18.5. The summed E-state index contributed by atoms with van der Waals surface area (Å²) in [6.07, 6.45) is 1.25. The largest absolute Gasteiger partial charge is 0.382 e. The van der Waals surface area contributed by atoms with E-state index in [0.29, 0.717) is 42.1 Å². The molecule has 0 radical (unpaired) electrons. The van der Waals surface area contributed by atoms with E-state index < -0.39 is 27.5 Å². The first-order valence-corrected chi connectivity index (χ1v) is 13.8. The number of aryl methyl sites for hydroxylation is 1. The van der Waals surface area contributed by atoms with Crippen molar-refractivity contribution >= 4 is 33.1 Å². The summed E-state index contributed by atoms with van der Waals surface area (Å²) in [4.78, 5) is 18.4. The van der Waals surface area contributed by atoms with Crippen LogP contribution in [0.4, 0.5) is 25.0 Å². The Bertz CT molecular complexity index is 1550. The molecule has 2 amide bonds. The molecular weight excluding hydrogens is 528 g/mol. The minimum absolute atomic E-state index is 0.0331. The maximum Gasteiger partial charge on any atom is 0.323 e. The highest BCUT2D eigenvalue weighted by atomic mass is 32.2. The summed E-state index contributed by atoms with van der Waals surface area (Å²) >= 11 is 0. The lowest BCUT2D eigenvalue weighted by Crippen LogP contribution is -2.40. The van der Waals surface area contributed by atoms with Crippen molar-refractivity contribution in [3.8, 4) is 11.1 Å². The fourth-order valence-corrected chi connectivity index (χ4v) is 5.55. The van der Waals surface area contributed by atoms with Gasteiger partial charge in [0.05, 0.1) is 28.6 Å². The van der Waals surface area contributed by atoms with Crippen LogP contribution >= 0.6 is 0 Å². The van der Waals surface area contributed by atoms with Gasteiger partial charge in [0.15, 0.2) is 9.84 Å². The van der Waals surface area contributed by atoms with Gasteiger partial charge in [0.2, 0.25) is 0 Å². The molecule has 1 aliphatic heterocycles. The number of rotatable bonds is 7. The van der Waals surface area contributed by atoms with E-state index in [4.69, 9.17) is 11.6 Å². The van der Waals surface area contributed by atoms with Gasteiger partial charge in [0.25, 0.3) is 0 Å². The number of amidine groups is 1. The van der Waals surface area contributed by atoms with Gasteiger partial charge in [-0.15, -0.1) is 0 Å². The average molecular weight is 558 g/mol. The minimum atomic E-state index is -3.05. The number of sulfone groups is 1. The number of carbonyl (C=O) groups excluding carboxylic acids is 1. The second-order valence-electron chi connectivity index (χ2n) is 9.15. The molecule has 3 aromatic rings. The summed E-state index contributed by atoms with van der Waals surface area (Å²) in [6, 6.07) is 9.32. The molecule has 2 heterocycles. The third kappa shape index (κ3) is 6.44.